The molecule has 8 heteroatoms. The summed E-state index contributed by atoms with van der Waals surface area (Å²) in [5.41, 5.74) is -0.492. The summed E-state index contributed by atoms with van der Waals surface area (Å²) < 4.78 is 38.2. The maximum atomic E-state index is 13.6. The van der Waals surface area contributed by atoms with Crippen LogP contribution in [0.5, 0.6) is 5.75 Å². The molecule has 0 unspecified atom stereocenters. The summed E-state index contributed by atoms with van der Waals surface area (Å²) in [6.45, 7) is 0. The number of carboxylic acids is 1. The van der Waals surface area contributed by atoms with Gasteiger partial charge in [-0.2, -0.15) is 0 Å². The second kappa shape index (κ2) is 5.94. The lowest BCUT2D eigenvalue weighted by molar-refractivity contribution is 0.0696. The molecule has 0 atom stereocenters. The minimum Gasteiger partial charge on any atom is -0.505 e. The molecule has 116 valence electrons. The molecule has 2 aromatic rings. The first kappa shape index (κ1) is 16.3. The molecule has 5 nitrogen and oxygen atoms in total. The largest absolute Gasteiger partial charge is 0.505 e. The molecule has 0 spiro atoms. The Morgan fingerprint density at radius 3 is 2.45 bits per heavy atom. The summed E-state index contributed by atoms with van der Waals surface area (Å²) in [4.78, 5) is 10.3. The first-order valence-corrected chi connectivity index (χ1v) is 7.97. The molecule has 2 rings (SSSR count). The Hall–Kier alpha value is -2.12. The van der Waals surface area contributed by atoms with Gasteiger partial charge in [-0.3, -0.25) is 0 Å². The van der Waals surface area contributed by atoms with Crippen molar-refractivity contribution >= 4 is 27.4 Å². The van der Waals surface area contributed by atoms with Crippen LogP contribution in [0.4, 0.5) is 4.39 Å². The third-order valence-electron chi connectivity index (χ3n) is 2.91. The van der Waals surface area contributed by atoms with E-state index in [-0.39, 0.29) is 5.56 Å². The van der Waals surface area contributed by atoms with E-state index in [1.165, 1.54) is 18.2 Å². The van der Waals surface area contributed by atoms with E-state index in [1.807, 2.05) is 0 Å². The van der Waals surface area contributed by atoms with Crippen LogP contribution in [0.15, 0.2) is 41.3 Å². The van der Waals surface area contributed by atoms with Crippen molar-refractivity contribution in [2.45, 2.75) is 10.6 Å². The SMILES string of the molecule is O=C(O)c1cc(Cl)c(O)c(S(=O)(=O)Cc2ccccc2F)c1. The van der Waals surface area contributed by atoms with Crippen LogP contribution in [0.1, 0.15) is 15.9 Å². The summed E-state index contributed by atoms with van der Waals surface area (Å²) in [7, 11) is -4.18. The molecule has 0 saturated heterocycles. The lowest BCUT2D eigenvalue weighted by atomic mass is 10.2. The van der Waals surface area contributed by atoms with E-state index in [0.717, 1.165) is 18.2 Å². The van der Waals surface area contributed by atoms with Crippen LogP contribution in [-0.4, -0.2) is 24.6 Å². The van der Waals surface area contributed by atoms with Crippen molar-refractivity contribution in [1.82, 2.24) is 0 Å². The number of rotatable bonds is 4. The normalized spacial score (nSPS) is 11.4. The fourth-order valence-electron chi connectivity index (χ4n) is 1.83. The average Bonchev–Trinajstić information content (AvgIpc) is 2.43. The number of phenols is 1. The van der Waals surface area contributed by atoms with Gasteiger partial charge in [-0.1, -0.05) is 29.8 Å². The van der Waals surface area contributed by atoms with Crippen molar-refractivity contribution in [1.29, 1.82) is 0 Å². The highest BCUT2D eigenvalue weighted by Crippen LogP contribution is 2.34. The van der Waals surface area contributed by atoms with Crippen LogP contribution in [-0.2, 0) is 15.6 Å². The molecule has 2 aromatic carbocycles. The quantitative estimate of drug-likeness (QED) is 0.889. The maximum absolute atomic E-state index is 13.6. The number of aromatic hydroxyl groups is 1. The molecule has 0 amide bonds. The topological polar surface area (TPSA) is 91.7 Å². The smallest absolute Gasteiger partial charge is 0.335 e. The van der Waals surface area contributed by atoms with E-state index < -0.39 is 48.6 Å². The highest BCUT2D eigenvalue weighted by atomic mass is 35.5. The summed E-state index contributed by atoms with van der Waals surface area (Å²) in [5, 5.41) is 18.3. The number of aromatic carboxylic acids is 1. The van der Waals surface area contributed by atoms with Gasteiger partial charge in [0.25, 0.3) is 0 Å². The standard InChI is InChI=1S/C14H10ClFO5S/c15-10-5-9(14(18)19)6-12(13(10)17)22(20,21)7-8-3-1-2-4-11(8)16/h1-6,17H,7H2,(H,18,19). The number of phenolic OH excluding ortho intramolecular Hbond substituents is 1. The Kier molecular flexibility index (Phi) is 4.39. The van der Waals surface area contributed by atoms with Crippen LogP contribution in [0, 0.1) is 5.82 Å². The molecule has 22 heavy (non-hydrogen) atoms. The summed E-state index contributed by atoms with van der Waals surface area (Å²) in [6.07, 6.45) is 0. The first-order chi connectivity index (χ1) is 10.2. The molecule has 0 aliphatic carbocycles. The Morgan fingerprint density at radius 1 is 1.23 bits per heavy atom. The van der Waals surface area contributed by atoms with Gasteiger partial charge in [0, 0.05) is 5.56 Å². The van der Waals surface area contributed by atoms with E-state index in [1.54, 1.807) is 0 Å². The van der Waals surface area contributed by atoms with Gasteiger partial charge < -0.3 is 10.2 Å². The summed E-state index contributed by atoms with van der Waals surface area (Å²) >= 11 is 5.65. The van der Waals surface area contributed by atoms with E-state index in [9.17, 15) is 22.7 Å². The van der Waals surface area contributed by atoms with Crippen molar-refractivity contribution in [3.63, 3.8) is 0 Å². The van der Waals surface area contributed by atoms with E-state index in [2.05, 4.69) is 0 Å². The van der Waals surface area contributed by atoms with Crippen molar-refractivity contribution in [2.75, 3.05) is 0 Å². The molecule has 0 saturated carbocycles. The third-order valence-corrected chi connectivity index (χ3v) is 4.87. The minimum atomic E-state index is -4.18. The molecule has 0 heterocycles. The molecule has 0 bridgehead atoms. The van der Waals surface area contributed by atoms with E-state index in [0.29, 0.717) is 0 Å². The molecule has 0 aliphatic heterocycles. The predicted octanol–water partition coefficient (Wildman–Crippen LogP) is 2.86. The predicted molar refractivity (Wildman–Crippen MR) is 77.4 cm³/mol. The van der Waals surface area contributed by atoms with Crippen molar-refractivity contribution in [3.05, 3.63) is 58.4 Å². The summed E-state index contributed by atoms with van der Waals surface area (Å²) in [5.74, 6) is -3.61. The van der Waals surface area contributed by atoms with Gasteiger partial charge in [-0.15, -0.1) is 0 Å². The number of hydrogen-bond acceptors (Lipinski definition) is 4. The number of benzene rings is 2. The molecular weight excluding hydrogens is 335 g/mol. The number of halogens is 2. The second-order valence-electron chi connectivity index (χ2n) is 4.46. The first-order valence-electron chi connectivity index (χ1n) is 5.94. The highest BCUT2D eigenvalue weighted by molar-refractivity contribution is 7.90. The number of hydrogen-bond donors (Lipinski definition) is 2. The van der Waals surface area contributed by atoms with Crippen LogP contribution in [0.25, 0.3) is 0 Å². The fraction of sp³-hybridized carbons (Fsp3) is 0.0714. The van der Waals surface area contributed by atoms with Crippen LogP contribution in [0.2, 0.25) is 5.02 Å². The molecule has 0 radical (unpaired) electrons. The van der Waals surface area contributed by atoms with Crippen molar-refractivity contribution in [3.8, 4) is 5.75 Å². The van der Waals surface area contributed by atoms with Gasteiger partial charge in [0.2, 0.25) is 0 Å². The van der Waals surface area contributed by atoms with Crippen LogP contribution < -0.4 is 0 Å². The second-order valence-corrected chi connectivity index (χ2v) is 6.83. The van der Waals surface area contributed by atoms with E-state index in [4.69, 9.17) is 16.7 Å². The van der Waals surface area contributed by atoms with Gasteiger partial charge in [0.1, 0.15) is 10.7 Å². The van der Waals surface area contributed by atoms with Gasteiger partial charge >= 0.3 is 5.97 Å². The van der Waals surface area contributed by atoms with Crippen molar-refractivity contribution < 1.29 is 27.8 Å². The van der Waals surface area contributed by atoms with E-state index >= 15 is 0 Å². The van der Waals surface area contributed by atoms with Crippen LogP contribution in [0.3, 0.4) is 0 Å². The molecule has 0 fully saturated rings. The maximum Gasteiger partial charge on any atom is 0.335 e. The Labute approximate surface area is 130 Å². The molecular formula is C14H10ClFO5S. The van der Waals surface area contributed by atoms with Gasteiger partial charge in [0.05, 0.1) is 16.3 Å². The third kappa shape index (κ3) is 3.20. The lowest BCUT2D eigenvalue weighted by Crippen LogP contribution is -2.09. The monoisotopic (exact) mass is 344 g/mol. The number of carboxylic acid groups (broad SMARTS) is 1. The highest BCUT2D eigenvalue weighted by Gasteiger charge is 2.24. The average molecular weight is 345 g/mol. The minimum absolute atomic E-state index is 0.0984. The zero-order chi connectivity index (χ0) is 16.5. The molecule has 0 aliphatic rings. The fourth-order valence-corrected chi connectivity index (χ4v) is 3.62. The Morgan fingerprint density at radius 2 is 1.86 bits per heavy atom. The lowest BCUT2D eigenvalue weighted by Gasteiger charge is -2.10. The molecule has 2 N–H and O–H groups in total. The van der Waals surface area contributed by atoms with Crippen molar-refractivity contribution in [2.24, 2.45) is 0 Å². The van der Waals surface area contributed by atoms with Gasteiger partial charge in [-0.05, 0) is 18.2 Å². The Balaban J connectivity index is 2.54. The molecule has 0 aromatic heterocycles. The van der Waals surface area contributed by atoms with Crippen LogP contribution >= 0.6 is 11.6 Å². The summed E-state index contributed by atoms with van der Waals surface area (Å²) in [6, 6.07) is 6.98. The number of carbonyl (C=O) groups is 1. The van der Waals surface area contributed by atoms with Gasteiger partial charge in [0.15, 0.2) is 15.6 Å². The number of sulfone groups is 1. The van der Waals surface area contributed by atoms with Gasteiger partial charge in [-0.25, -0.2) is 17.6 Å². The Bertz CT molecular complexity index is 848. The zero-order valence-corrected chi connectivity index (χ0v) is 12.5. The zero-order valence-electron chi connectivity index (χ0n) is 11.0.